The van der Waals surface area contributed by atoms with Crippen LogP contribution in [-0.4, -0.2) is 43.0 Å². The van der Waals surface area contributed by atoms with Crippen molar-refractivity contribution in [2.45, 2.75) is 19.4 Å². The highest BCUT2D eigenvalue weighted by molar-refractivity contribution is 5.70. The lowest BCUT2D eigenvalue weighted by Crippen LogP contribution is -2.44. The maximum absolute atomic E-state index is 11.5. The maximum Gasteiger partial charge on any atom is 0.292 e. The lowest BCUT2D eigenvalue weighted by Gasteiger charge is -2.34. The smallest absolute Gasteiger partial charge is 0.292 e. The van der Waals surface area contributed by atoms with Crippen LogP contribution in [0.25, 0.3) is 0 Å². The highest BCUT2D eigenvalue weighted by Crippen LogP contribution is 2.34. The average molecular weight is 354 g/mol. The summed E-state index contributed by atoms with van der Waals surface area (Å²) in [5.74, 6) is 0. The van der Waals surface area contributed by atoms with E-state index in [0.29, 0.717) is 5.69 Å². The van der Waals surface area contributed by atoms with E-state index in [9.17, 15) is 10.1 Å². The minimum Gasteiger partial charge on any atom is -0.370 e. The third-order valence-corrected chi connectivity index (χ3v) is 4.99. The van der Waals surface area contributed by atoms with Gasteiger partial charge in [-0.15, -0.1) is 0 Å². The van der Waals surface area contributed by atoms with Gasteiger partial charge in [0.25, 0.3) is 5.69 Å². The number of rotatable bonds is 5. The second kappa shape index (κ2) is 7.33. The summed E-state index contributed by atoms with van der Waals surface area (Å²) in [4.78, 5) is 15.8. The Bertz CT molecular complexity index is 769. The Balaban J connectivity index is 1.91. The molecule has 0 unspecified atom stereocenters. The van der Waals surface area contributed by atoms with Gasteiger partial charge in [-0.05, 0) is 38.6 Å². The first-order valence-electron chi connectivity index (χ1n) is 8.92. The van der Waals surface area contributed by atoms with Crippen molar-refractivity contribution in [2.24, 2.45) is 0 Å². The Morgan fingerprint density at radius 2 is 1.69 bits per heavy atom. The summed E-state index contributed by atoms with van der Waals surface area (Å²) in [6.45, 7) is 7.92. The fourth-order valence-corrected chi connectivity index (χ4v) is 3.31. The molecule has 1 aliphatic heterocycles. The SMILES string of the molecule is CN1CCN(c2ccc([N+](=O)[O-])c(NC(C)(C)c3ccccc3)c2)CC1. The quantitative estimate of drug-likeness (QED) is 0.655. The van der Waals surface area contributed by atoms with E-state index in [0.717, 1.165) is 37.4 Å². The molecule has 1 N–H and O–H groups in total. The summed E-state index contributed by atoms with van der Waals surface area (Å²) in [5.41, 5.74) is 2.34. The minimum absolute atomic E-state index is 0.104. The van der Waals surface area contributed by atoms with Crippen molar-refractivity contribution < 1.29 is 4.92 Å². The van der Waals surface area contributed by atoms with Gasteiger partial charge < -0.3 is 15.1 Å². The van der Waals surface area contributed by atoms with Gasteiger partial charge in [-0.3, -0.25) is 10.1 Å². The predicted octanol–water partition coefficient (Wildman–Crippen LogP) is 3.69. The maximum atomic E-state index is 11.5. The Hall–Kier alpha value is -2.60. The van der Waals surface area contributed by atoms with E-state index in [1.807, 2.05) is 56.3 Å². The first-order chi connectivity index (χ1) is 12.4. The average Bonchev–Trinajstić information content (AvgIpc) is 2.62. The largest absolute Gasteiger partial charge is 0.370 e. The first kappa shape index (κ1) is 18.2. The summed E-state index contributed by atoms with van der Waals surface area (Å²) in [6, 6.07) is 15.4. The van der Waals surface area contributed by atoms with Gasteiger partial charge in [0.2, 0.25) is 0 Å². The van der Waals surface area contributed by atoms with Crippen LogP contribution < -0.4 is 10.2 Å². The van der Waals surface area contributed by atoms with Crippen LogP contribution >= 0.6 is 0 Å². The first-order valence-corrected chi connectivity index (χ1v) is 8.92. The van der Waals surface area contributed by atoms with Gasteiger partial charge >= 0.3 is 0 Å². The van der Waals surface area contributed by atoms with Gasteiger partial charge in [-0.1, -0.05) is 30.3 Å². The molecule has 138 valence electrons. The standard InChI is InChI=1S/C20H26N4O2/c1-20(2,16-7-5-4-6-8-16)21-18-15-17(9-10-19(18)24(25)26)23-13-11-22(3)12-14-23/h4-10,15,21H,11-14H2,1-3H3. The van der Waals surface area contributed by atoms with Crippen LogP contribution in [0.3, 0.4) is 0 Å². The number of nitrogens with zero attached hydrogens (tertiary/aromatic N) is 3. The Morgan fingerprint density at radius 3 is 2.31 bits per heavy atom. The Morgan fingerprint density at radius 1 is 1.04 bits per heavy atom. The predicted molar refractivity (Wildman–Crippen MR) is 106 cm³/mol. The van der Waals surface area contributed by atoms with E-state index in [4.69, 9.17) is 0 Å². The molecule has 26 heavy (non-hydrogen) atoms. The highest BCUT2D eigenvalue weighted by Gasteiger charge is 2.25. The van der Waals surface area contributed by atoms with Crippen molar-refractivity contribution in [3.05, 3.63) is 64.2 Å². The van der Waals surface area contributed by atoms with Crippen molar-refractivity contribution >= 4 is 17.1 Å². The van der Waals surface area contributed by atoms with E-state index in [1.165, 1.54) is 0 Å². The number of benzene rings is 2. The summed E-state index contributed by atoms with van der Waals surface area (Å²) in [5, 5.41) is 14.9. The van der Waals surface area contributed by atoms with E-state index >= 15 is 0 Å². The van der Waals surface area contributed by atoms with E-state index in [2.05, 4.69) is 22.2 Å². The molecule has 0 aliphatic carbocycles. The number of nitro benzene ring substituents is 1. The fraction of sp³-hybridized carbons (Fsp3) is 0.400. The Labute approximate surface area is 154 Å². The molecule has 1 fully saturated rings. The number of hydrogen-bond acceptors (Lipinski definition) is 5. The zero-order valence-corrected chi connectivity index (χ0v) is 15.6. The molecule has 0 radical (unpaired) electrons. The van der Waals surface area contributed by atoms with E-state index in [1.54, 1.807) is 6.07 Å². The van der Waals surface area contributed by atoms with Gasteiger partial charge in [-0.2, -0.15) is 0 Å². The summed E-state index contributed by atoms with van der Waals surface area (Å²) in [7, 11) is 2.11. The number of piperazine rings is 1. The molecule has 2 aromatic rings. The molecule has 3 rings (SSSR count). The number of nitro groups is 1. The second-order valence-electron chi connectivity index (χ2n) is 7.36. The van der Waals surface area contributed by atoms with E-state index in [-0.39, 0.29) is 10.6 Å². The lowest BCUT2D eigenvalue weighted by molar-refractivity contribution is -0.384. The molecule has 0 spiro atoms. The van der Waals surface area contributed by atoms with Gasteiger partial charge in [0.05, 0.1) is 10.5 Å². The topological polar surface area (TPSA) is 61.7 Å². The molecule has 0 saturated carbocycles. The lowest BCUT2D eigenvalue weighted by atomic mass is 9.94. The molecule has 6 nitrogen and oxygen atoms in total. The van der Waals surface area contributed by atoms with Crippen molar-refractivity contribution in [2.75, 3.05) is 43.4 Å². The molecule has 1 saturated heterocycles. The third kappa shape index (κ3) is 3.96. The van der Waals surface area contributed by atoms with Crippen LogP contribution in [0.1, 0.15) is 19.4 Å². The molecule has 0 aromatic heterocycles. The summed E-state index contributed by atoms with van der Waals surface area (Å²) >= 11 is 0. The van der Waals surface area contributed by atoms with Crippen LogP contribution in [0.5, 0.6) is 0 Å². The molecule has 0 atom stereocenters. The normalized spacial score (nSPS) is 15.7. The van der Waals surface area contributed by atoms with Crippen molar-refractivity contribution in [1.29, 1.82) is 0 Å². The van der Waals surface area contributed by atoms with Crippen molar-refractivity contribution in [1.82, 2.24) is 4.90 Å². The monoisotopic (exact) mass is 354 g/mol. The highest BCUT2D eigenvalue weighted by atomic mass is 16.6. The van der Waals surface area contributed by atoms with Crippen molar-refractivity contribution in [3.8, 4) is 0 Å². The number of anilines is 2. The van der Waals surface area contributed by atoms with Gasteiger partial charge in [0.15, 0.2) is 0 Å². The van der Waals surface area contributed by atoms with Gasteiger partial charge in [0, 0.05) is 37.9 Å². The summed E-state index contributed by atoms with van der Waals surface area (Å²) in [6.07, 6.45) is 0. The second-order valence-corrected chi connectivity index (χ2v) is 7.36. The van der Waals surface area contributed by atoms with Crippen LogP contribution in [0.15, 0.2) is 48.5 Å². The van der Waals surface area contributed by atoms with Gasteiger partial charge in [-0.25, -0.2) is 0 Å². The zero-order chi connectivity index (χ0) is 18.7. The molecule has 1 heterocycles. The number of likely N-dealkylation sites (N-methyl/N-ethyl adjacent to an activating group) is 1. The number of hydrogen-bond donors (Lipinski definition) is 1. The summed E-state index contributed by atoms with van der Waals surface area (Å²) < 4.78 is 0. The molecule has 2 aromatic carbocycles. The van der Waals surface area contributed by atoms with Gasteiger partial charge in [0.1, 0.15) is 5.69 Å². The third-order valence-electron chi connectivity index (χ3n) is 4.99. The minimum atomic E-state index is -0.424. The molecule has 1 aliphatic rings. The molecule has 0 amide bonds. The van der Waals surface area contributed by atoms with Crippen LogP contribution in [0.4, 0.5) is 17.1 Å². The van der Waals surface area contributed by atoms with Crippen molar-refractivity contribution in [3.63, 3.8) is 0 Å². The molecular formula is C20H26N4O2. The van der Waals surface area contributed by atoms with E-state index < -0.39 is 5.54 Å². The molecular weight excluding hydrogens is 328 g/mol. The van der Waals surface area contributed by atoms with Crippen LogP contribution in [0, 0.1) is 10.1 Å². The zero-order valence-electron chi connectivity index (χ0n) is 15.6. The molecule has 0 bridgehead atoms. The van der Waals surface area contributed by atoms with Crippen LogP contribution in [-0.2, 0) is 5.54 Å². The number of nitrogens with one attached hydrogen (secondary N) is 1. The molecule has 6 heteroatoms. The Kier molecular flexibility index (Phi) is 5.13. The fourth-order valence-electron chi connectivity index (χ4n) is 3.31. The van der Waals surface area contributed by atoms with Crippen LogP contribution in [0.2, 0.25) is 0 Å².